The molecule has 10 heteroatoms. The van der Waals surface area contributed by atoms with E-state index < -0.39 is 34.9 Å². The number of ether oxygens (including phenoxy) is 1. The summed E-state index contributed by atoms with van der Waals surface area (Å²) >= 11 is 0. The average Bonchev–Trinajstić information content (AvgIpc) is 2.22. The number of nitrogen functional groups attached to an aromatic ring is 1. The first-order valence-corrected chi connectivity index (χ1v) is 4.75. The van der Waals surface area contributed by atoms with Gasteiger partial charge in [0.05, 0.1) is 11.5 Å². The Kier molecular flexibility index (Phi) is 4.23. The van der Waals surface area contributed by atoms with Gasteiger partial charge in [-0.15, -0.1) is 0 Å². The van der Waals surface area contributed by atoms with Crippen LogP contribution in [0.4, 0.5) is 24.7 Å². The predicted octanol–water partition coefficient (Wildman–Crippen LogP) is 1.69. The Hall–Kier alpha value is -2.13. The van der Waals surface area contributed by atoms with Gasteiger partial charge in [-0.1, -0.05) is 0 Å². The number of anilines is 1. The molecule has 0 unspecified atom stereocenters. The van der Waals surface area contributed by atoms with E-state index in [1.165, 1.54) is 0 Å². The molecule has 0 aliphatic heterocycles. The third-order valence-corrected chi connectivity index (χ3v) is 1.84. The fraction of sp³-hybridized carbons (Fsp3) is 0.500. The number of nitrogens with zero attached hydrogens (tertiary/aromatic N) is 3. The highest BCUT2D eigenvalue weighted by atomic mass is 19.4. The minimum Gasteiger partial charge on any atom is -0.473 e. The van der Waals surface area contributed by atoms with Crippen LogP contribution in [0.15, 0.2) is 6.33 Å². The maximum absolute atomic E-state index is 11.8. The van der Waals surface area contributed by atoms with E-state index in [4.69, 9.17) is 10.5 Å². The van der Waals surface area contributed by atoms with E-state index in [2.05, 4.69) is 9.97 Å². The first kappa shape index (κ1) is 13.9. The van der Waals surface area contributed by atoms with E-state index >= 15 is 0 Å². The van der Waals surface area contributed by atoms with Crippen LogP contribution in [-0.4, -0.2) is 27.7 Å². The van der Waals surface area contributed by atoms with E-state index in [9.17, 15) is 23.3 Å². The fourth-order valence-corrected chi connectivity index (χ4v) is 1.09. The molecule has 0 spiro atoms. The van der Waals surface area contributed by atoms with Crippen molar-refractivity contribution in [3.05, 3.63) is 16.4 Å². The molecule has 0 aliphatic rings. The summed E-state index contributed by atoms with van der Waals surface area (Å²) in [6.45, 7) is -0.350. The number of hydrogen-bond acceptors (Lipinski definition) is 6. The smallest absolute Gasteiger partial charge is 0.389 e. The minimum atomic E-state index is -4.29. The normalized spacial score (nSPS) is 11.3. The summed E-state index contributed by atoms with van der Waals surface area (Å²) in [6, 6.07) is 0. The molecular weight excluding hydrogens is 257 g/mol. The number of halogens is 3. The summed E-state index contributed by atoms with van der Waals surface area (Å²) in [5, 5.41) is 10.6. The quantitative estimate of drug-likeness (QED) is 0.494. The van der Waals surface area contributed by atoms with Gasteiger partial charge in [0.1, 0.15) is 6.33 Å². The van der Waals surface area contributed by atoms with Crippen LogP contribution < -0.4 is 10.5 Å². The van der Waals surface area contributed by atoms with Gasteiger partial charge in [-0.3, -0.25) is 10.1 Å². The molecule has 0 aromatic carbocycles. The zero-order valence-corrected chi connectivity index (χ0v) is 8.98. The van der Waals surface area contributed by atoms with Crippen LogP contribution >= 0.6 is 0 Å². The predicted molar refractivity (Wildman–Crippen MR) is 53.9 cm³/mol. The second-order valence-electron chi connectivity index (χ2n) is 3.24. The van der Waals surface area contributed by atoms with Crippen LogP contribution in [0, 0.1) is 10.1 Å². The molecule has 0 aliphatic carbocycles. The second-order valence-corrected chi connectivity index (χ2v) is 3.24. The molecule has 0 saturated heterocycles. The van der Waals surface area contributed by atoms with Crippen molar-refractivity contribution in [1.82, 2.24) is 9.97 Å². The first-order valence-electron chi connectivity index (χ1n) is 4.75. The number of hydrogen-bond donors (Lipinski definition) is 1. The van der Waals surface area contributed by atoms with Crippen molar-refractivity contribution in [3.63, 3.8) is 0 Å². The zero-order valence-electron chi connectivity index (χ0n) is 8.98. The van der Waals surface area contributed by atoms with Crippen molar-refractivity contribution in [2.24, 2.45) is 0 Å². The van der Waals surface area contributed by atoms with Crippen molar-refractivity contribution in [2.45, 2.75) is 19.0 Å². The summed E-state index contributed by atoms with van der Waals surface area (Å²) in [5.74, 6) is -0.838. The molecule has 1 aromatic heterocycles. The van der Waals surface area contributed by atoms with Crippen LogP contribution in [0.1, 0.15) is 12.8 Å². The van der Waals surface area contributed by atoms with Crippen LogP contribution in [0.25, 0.3) is 0 Å². The maximum Gasteiger partial charge on any atom is 0.389 e. The third-order valence-electron chi connectivity index (χ3n) is 1.84. The number of nitrogens with two attached hydrogens (primary N) is 1. The van der Waals surface area contributed by atoms with E-state index in [-0.39, 0.29) is 13.0 Å². The molecule has 1 heterocycles. The lowest BCUT2D eigenvalue weighted by Crippen LogP contribution is -2.11. The average molecular weight is 266 g/mol. The Bertz CT molecular complexity index is 438. The van der Waals surface area contributed by atoms with Gasteiger partial charge in [-0.2, -0.15) is 18.2 Å². The first-order chi connectivity index (χ1) is 8.31. The topological polar surface area (TPSA) is 104 Å². The van der Waals surface area contributed by atoms with E-state index in [1.807, 2.05) is 0 Å². The molecule has 0 bridgehead atoms. The summed E-state index contributed by atoms with van der Waals surface area (Å²) < 4.78 is 40.3. The second kappa shape index (κ2) is 5.47. The lowest BCUT2D eigenvalue weighted by Gasteiger charge is -2.07. The Morgan fingerprint density at radius 1 is 1.44 bits per heavy atom. The largest absolute Gasteiger partial charge is 0.473 e. The number of nitro groups is 1. The maximum atomic E-state index is 11.8. The Balaban J connectivity index is 2.63. The van der Waals surface area contributed by atoms with Gasteiger partial charge in [0.15, 0.2) is 0 Å². The molecule has 100 valence electrons. The molecule has 1 rings (SSSR count). The van der Waals surface area contributed by atoms with Crippen molar-refractivity contribution >= 4 is 11.5 Å². The molecule has 18 heavy (non-hydrogen) atoms. The van der Waals surface area contributed by atoms with Gasteiger partial charge >= 0.3 is 11.9 Å². The molecule has 0 radical (unpaired) electrons. The van der Waals surface area contributed by atoms with Crippen LogP contribution in [0.2, 0.25) is 0 Å². The zero-order chi connectivity index (χ0) is 13.8. The van der Waals surface area contributed by atoms with Crippen LogP contribution in [0.3, 0.4) is 0 Å². The summed E-state index contributed by atoms with van der Waals surface area (Å²) in [6.07, 6.45) is -4.73. The van der Waals surface area contributed by atoms with Gasteiger partial charge in [0, 0.05) is 6.42 Å². The highest BCUT2D eigenvalue weighted by Gasteiger charge is 2.27. The van der Waals surface area contributed by atoms with Crippen molar-refractivity contribution in [3.8, 4) is 5.88 Å². The van der Waals surface area contributed by atoms with Gasteiger partial charge in [0.2, 0.25) is 5.82 Å². The Morgan fingerprint density at radius 2 is 2.11 bits per heavy atom. The molecule has 0 amide bonds. The molecule has 0 atom stereocenters. The summed E-state index contributed by atoms with van der Waals surface area (Å²) in [5.41, 5.74) is 4.59. The summed E-state index contributed by atoms with van der Waals surface area (Å²) in [4.78, 5) is 16.6. The third kappa shape index (κ3) is 4.03. The Morgan fingerprint density at radius 3 is 2.67 bits per heavy atom. The molecule has 7 nitrogen and oxygen atoms in total. The SMILES string of the molecule is Nc1ncnc(OCCCC(F)(F)F)c1[N+](=O)[O-]. The monoisotopic (exact) mass is 266 g/mol. The number of rotatable bonds is 5. The van der Waals surface area contributed by atoms with E-state index in [0.29, 0.717) is 0 Å². The number of aromatic nitrogens is 2. The highest BCUT2D eigenvalue weighted by Crippen LogP contribution is 2.29. The minimum absolute atomic E-state index is 0.329. The van der Waals surface area contributed by atoms with Crippen molar-refractivity contribution < 1.29 is 22.8 Å². The van der Waals surface area contributed by atoms with Gasteiger partial charge in [-0.25, -0.2) is 4.98 Å². The van der Waals surface area contributed by atoms with Crippen LogP contribution in [-0.2, 0) is 0 Å². The van der Waals surface area contributed by atoms with Crippen molar-refractivity contribution in [2.75, 3.05) is 12.3 Å². The fourth-order valence-electron chi connectivity index (χ4n) is 1.09. The number of alkyl halides is 3. The molecule has 2 N–H and O–H groups in total. The molecule has 0 fully saturated rings. The van der Waals surface area contributed by atoms with Crippen LogP contribution in [0.5, 0.6) is 5.88 Å². The molecular formula is C8H9F3N4O3. The van der Waals surface area contributed by atoms with Crippen molar-refractivity contribution in [1.29, 1.82) is 0 Å². The van der Waals surface area contributed by atoms with Gasteiger partial charge < -0.3 is 10.5 Å². The van der Waals surface area contributed by atoms with Gasteiger partial charge in [0.25, 0.3) is 5.88 Å². The lowest BCUT2D eigenvalue weighted by molar-refractivity contribution is -0.385. The van der Waals surface area contributed by atoms with E-state index in [1.54, 1.807) is 0 Å². The highest BCUT2D eigenvalue weighted by molar-refractivity contribution is 5.57. The Labute approximate surface area is 98.9 Å². The standard InChI is InChI=1S/C8H9F3N4O3/c9-8(10,11)2-1-3-18-7-5(15(16)17)6(12)13-4-14-7/h4H,1-3H2,(H2,12,13,14). The molecule has 1 aromatic rings. The van der Waals surface area contributed by atoms with Gasteiger partial charge in [-0.05, 0) is 6.42 Å². The lowest BCUT2D eigenvalue weighted by atomic mass is 10.3. The molecule has 0 saturated carbocycles. The summed E-state index contributed by atoms with van der Waals surface area (Å²) in [7, 11) is 0. The van der Waals surface area contributed by atoms with E-state index in [0.717, 1.165) is 6.33 Å².